The lowest BCUT2D eigenvalue weighted by molar-refractivity contribution is -0.109. The lowest BCUT2D eigenvalue weighted by Gasteiger charge is -2.01. The summed E-state index contributed by atoms with van der Waals surface area (Å²) in [4.78, 5) is 9.59. The molecule has 0 aliphatic carbocycles. The minimum absolute atomic E-state index is 0.226. The number of carbonyl (C=O) groups excluding carboxylic acids is 1. The first-order valence-corrected chi connectivity index (χ1v) is 2.23. The predicted molar refractivity (Wildman–Crippen MR) is 25.5 cm³/mol. The molecule has 3 nitrogen and oxygen atoms in total. The molecule has 0 spiro atoms. The van der Waals surface area contributed by atoms with E-state index >= 15 is 0 Å². The number of nitrogens with two attached hydrogens (primary N) is 1. The van der Waals surface area contributed by atoms with E-state index in [1.54, 1.807) is 0 Å². The molecule has 0 aromatic rings. The molecule has 3 radical (unpaired) electrons. The van der Waals surface area contributed by atoms with Crippen LogP contribution in [0.5, 0.6) is 0 Å². The van der Waals surface area contributed by atoms with Crippen LogP contribution in [-0.4, -0.2) is 23.0 Å². The maximum absolute atomic E-state index is 9.59. The van der Waals surface area contributed by atoms with E-state index in [9.17, 15) is 4.79 Å². The highest BCUT2D eigenvalue weighted by Crippen LogP contribution is 1.79. The molecule has 7 heavy (non-hydrogen) atoms. The van der Waals surface area contributed by atoms with Crippen LogP contribution in [0.4, 0.5) is 0 Å². The van der Waals surface area contributed by atoms with Crippen molar-refractivity contribution >= 4 is 16.8 Å². The van der Waals surface area contributed by atoms with Crippen molar-refractivity contribution in [3.63, 3.8) is 0 Å². The first kappa shape index (κ1) is 6.81. The Balaban J connectivity index is 2.98. The van der Waals surface area contributed by atoms with Gasteiger partial charge in [0, 0.05) is 6.42 Å². The van der Waals surface area contributed by atoms with Crippen molar-refractivity contribution in [3.8, 4) is 0 Å². The average molecular weight is 116 g/mol. The van der Waals surface area contributed by atoms with Gasteiger partial charge in [0.05, 0.1) is 0 Å². The van der Waals surface area contributed by atoms with Gasteiger partial charge in [0.25, 0.3) is 0 Å². The SMILES string of the molecule is NC(CC=O)O[Si]. The van der Waals surface area contributed by atoms with Gasteiger partial charge >= 0.3 is 0 Å². The predicted octanol–water partition coefficient (Wildman–Crippen LogP) is -1.04. The first-order valence-electron chi connectivity index (χ1n) is 1.83. The molecular formula is C3H6NO2Si. The monoisotopic (exact) mass is 116 g/mol. The third-order valence-electron chi connectivity index (χ3n) is 0.480. The summed E-state index contributed by atoms with van der Waals surface area (Å²) in [6, 6.07) is 0. The van der Waals surface area contributed by atoms with Gasteiger partial charge in [-0.05, 0) is 0 Å². The van der Waals surface area contributed by atoms with Crippen LogP contribution < -0.4 is 5.73 Å². The number of hydrogen-bond donors (Lipinski definition) is 1. The van der Waals surface area contributed by atoms with E-state index in [2.05, 4.69) is 14.9 Å². The molecule has 0 rings (SSSR count). The molecule has 0 amide bonds. The summed E-state index contributed by atoms with van der Waals surface area (Å²) < 4.78 is 4.34. The molecule has 0 aliphatic heterocycles. The molecule has 39 valence electrons. The maximum atomic E-state index is 9.59. The van der Waals surface area contributed by atoms with E-state index in [-0.39, 0.29) is 6.42 Å². The maximum Gasteiger partial charge on any atom is 0.248 e. The summed E-state index contributed by atoms with van der Waals surface area (Å²) in [6.07, 6.45) is 0.420. The Hall–Kier alpha value is -0.193. The fraction of sp³-hybridized carbons (Fsp3) is 0.667. The minimum atomic E-state index is -0.505. The van der Waals surface area contributed by atoms with Crippen molar-refractivity contribution in [2.24, 2.45) is 5.73 Å². The van der Waals surface area contributed by atoms with Gasteiger partial charge < -0.3 is 15.0 Å². The Kier molecular flexibility index (Phi) is 3.87. The number of aldehydes is 1. The van der Waals surface area contributed by atoms with Gasteiger partial charge in [-0.2, -0.15) is 0 Å². The zero-order valence-electron chi connectivity index (χ0n) is 3.76. The summed E-state index contributed by atoms with van der Waals surface area (Å²) in [7, 11) is 2.68. The van der Waals surface area contributed by atoms with Gasteiger partial charge in [-0.3, -0.25) is 0 Å². The molecule has 2 N–H and O–H groups in total. The Morgan fingerprint density at radius 3 is 2.71 bits per heavy atom. The highest BCUT2D eigenvalue weighted by Gasteiger charge is 1.93. The van der Waals surface area contributed by atoms with Crippen LogP contribution in [0, 0.1) is 0 Å². The third kappa shape index (κ3) is 3.64. The molecule has 0 fully saturated rings. The molecule has 1 unspecified atom stereocenters. The van der Waals surface area contributed by atoms with Gasteiger partial charge in [-0.1, -0.05) is 0 Å². The van der Waals surface area contributed by atoms with Crippen LogP contribution in [0.1, 0.15) is 6.42 Å². The Labute approximate surface area is 45.4 Å². The van der Waals surface area contributed by atoms with Crippen molar-refractivity contribution in [3.05, 3.63) is 0 Å². The lowest BCUT2D eigenvalue weighted by atomic mass is 10.4. The quantitative estimate of drug-likeness (QED) is 0.291. The van der Waals surface area contributed by atoms with Crippen LogP contribution >= 0.6 is 0 Å². The van der Waals surface area contributed by atoms with E-state index in [4.69, 9.17) is 5.73 Å². The second-order valence-electron chi connectivity index (χ2n) is 1.06. The van der Waals surface area contributed by atoms with Gasteiger partial charge in [-0.25, -0.2) is 0 Å². The normalized spacial score (nSPS) is 13.4. The number of hydrogen-bond acceptors (Lipinski definition) is 3. The molecule has 1 atom stereocenters. The summed E-state index contributed by atoms with van der Waals surface area (Å²) >= 11 is 0. The summed E-state index contributed by atoms with van der Waals surface area (Å²) in [5.74, 6) is 0. The second-order valence-corrected chi connectivity index (χ2v) is 1.29. The summed E-state index contributed by atoms with van der Waals surface area (Å²) in [6.45, 7) is 0. The van der Waals surface area contributed by atoms with Crippen LogP contribution in [0.2, 0.25) is 0 Å². The first-order chi connectivity index (χ1) is 3.31. The molecule has 0 saturated carbocycles. The number of rotatable bonds is 3. The average Bonchev–Trinajstić information content (AvgIpc) is 1.68. The highest BCUT2D eigenvalue weighted by molar-refractivity contribution is 5.98. The smallest absolute Gasteiger partial charge is 0.248 e. The molecule has 0 bridgehead atoms. The van der Waals surface area contributed by atoms with E-state index in [0.29, 0.717) is 6.29 Å². The summed E-state index contributed by atoms with van der Waals surface area (Å²) in [5.41, 5.74) is 5.08. The van der Waals surface area contributed by atoms with Crippen molar-refractivity contribution in [2.45, 2.75) is 12.6 Å². The fourth-order valence-corrected chi connectivity index (χ4v) is 0.239. The van der Waals surface area contributed by atoms with Gasteiger partial charge in [0.15, 0.2) is 0 Å². The van der Waals surface area contributed by atoms with E-state index in [1.807, 2.05) is 0 Å². The van der Waals surface area contributed by atoms with Crippen molar-refractivity contribution < 1.29 is 9.22 Å². The van der Waals surface area contributed by atoms with Gasteiger partial charge in [0.1, 0.15) is 12.5 Å². The second kappa shape index (κ2) is 3.98. The van der Waals surface area contributed by atoms with Gasteiger partial charge in [-0.15, -0.1) is 0 Å². The minimum Gasteiger partial charge on any atom is -0.403 e. The van der Waals surface area contributed by atoms with Gasteiger partial charge in [0.2, 0.25) is 10.5 Å². The molecule has 0 heterocycles. The van der Waals surface area contributed by atoms with Crippen molar-refractivity contribution in [2.75, 3.05) is 0 Å². The summed E-state index contributed by atoms with van der Waals surface area (Å²) in [5, 5.41) is 0. The molecular weight excluding hydrogens is 110 g/mol. The molecule has 0 aromatic heterocycles. The van der Waals surface area contributed by atoms with E-state index < -0.39 is 6.23 Å². The fourth-order valence-electron chi connectivity index (χ4n) is 0.143. The number of carbonyl (C=O) groups is 1. The standard InChI is InChI=1S/C3H6NO2Si/c4-3(6-7)1-2-5/h2-3H,1,4H2. The molecule has 4 heteroatoms. The van der Waals surface area contributed by atoms with Crippen molar-refractivity contribution in [1.29, 1.82) is 0 Å². The van der Waals surface area contributed by atoms with E-state index in [0.717, 1.165) is 0 Å². The molecule has 0 aliphatic rings. The van der Waals surface area contributed by atoms with Crippen LogP contribution in [-0.2, 0) is 9.22 Å². The highest BCUT2D eigenvalue weighted by atomic mass is 28.2. The zero-order chi connectivity index (χ0) is 5.70. The molecule has 0 aromatic carbocycles. The Morgan fingerprint density at radius 1 is 2.00 bits per heavy atom. The zero-order valence-corrected chi connectivity index (χ0v) is 4.76. The van der Waals surface area contributed by atoms with Crippen molar-refractivity contribution in [1.82, 2.24) is 0 Å². The lowest BCUT2D eigenvalue weighted by Crippen LogP contribution is -2.22. The Bertz CT molecular complexity index is 58.9. The third-order valence-corrected chi connectivity index (χ3v) is 0.783. The van der Waals surface area contributed by atoms with Crippen LogP contribution in [0.15, 0.2) is 0 Å². The Morgan fingerprint density at radius 2 is 2.57 bits per heavy atom. The van der Waals surface area contributed by atoms with Crippen LogP contribution in [0.3, 0.4) is 0 Å². The van der Waals surface area contributed by atoms with E-state index in [1.165, 1.54) is 0 Å². The largest absolute Gasteiger partial charge is 0.403 e. The topological polar surface area (TPSA) is 52.3 Å². The molecule has 0 saturated heterocycles. The van der Waals surface area contributed by atoms with Crippen LogP contribution in [0.25, 0.3) is 0 Å².